The van der Waals surface area contributed by atoms with E-state index in [9.17, 15) is 19.5 Å². The summed E-state index contributed by atoms with van der Waals surface area (Å²) in [7, 11) is 0. The fourth-order valence-electron chi connectivity index (χ4n) is 3.91. The minimum Gasteiger partial charge on any atom is -0.481 e. The van der Waals surface area contributed by atoms with Crippen LogP contribution in [0.5, 0.6) is 0 Å². The Hall–Kier alpha value is -3.35. The molecule has 1 atom stereocenters. The monoisotopic (exact) mass is 452 g/mol. The van der Waals surface area contributed by atoms with Gasteiger partial charge in [0.05, 0.1) is 5.41 Å². The van der Waals surface area contributed by atoms with Crippen LogP contribution in [0.2, 0.25) is 0 Å². The van der Waals surface area contributed by atoms with Crippen LogP contribution in [0, 0.1) is 11.3 Å². The molecule has 0 heterocycles. The number of benzene rings is 2. The first-order valence-corrected chi connectivity index (χ1v) is 11.2. The first-order chi connectivity index (χ1) is 15.6. The molecular formula is C26H32N2O5. The number of fused-ring (bicyclic) bond motifs is 3. The number of hydrogen-bond acceptors (Lipinski definition) is 4. The highest BCUT2D eigenvalue weighted by atomic mass is 16.5. The number of carboxylic acids is 1. The molecule has 0 unspecified atom stereocenters. The van der Waals surface area contributed by atoms with Gasteiger partial charge in [-0.3, -0.25) is 9.59 Å². The summed E-state index contributed by atoms with van der Waals surface area (Å²) in [5.41, 5.74) is 3.51. The van der Waals surface area contributed by atoms with Crippen molar-refractivity contribution >= 4 is 18.0 Å². The zero-order valence-electron chi connectivity index (χ0n) is 19.6. The van der Waals surface area contributed by atoms with E-state index in [1.165, 1.54) is 0 Å². The van der Waals surface area contributed by atoms with E-state index in [0.717, 1.165) is 22.3 Å². The van der Waals surface area contributed by atoms with Gasteiger partial charge in [-0.25, -0.2) is 4.79 Å². The molecule has 2 aromatic rings. The van der Waals surface area contributed by atoms with Crippen LogP contribution in [0.25, 0.3) is 11.1 Å². The number of carboxylic acid groups (broad SMARTS) is 1. The number of alkyl carbamates (subject to hydrolysis) is 1. The molecule has 0 aromatic heterocycles. The molecule has 1 aliphatic rings. The number of carbonyl (C=O) groups excluding carboxylic acids is 2. The lowest BCUT2D eigenvalue weighted by atomic mass is 9.93. The van der Waals surface area contributed by atoms with Crippen molar-refractivity contribution in [1.82, 2.24) is 10.6 Å². The molecule has 0 spiro atoms. The predicted molar refractivity (Wildman–Crippen MR) is 126 cm³/mol. The van der Waals surface area contributed by atoms with E-state index >= 15 is 0 Å². The maximum Gasteiger partial charge on any atom is 0.407 e. The lowest BCUT2D eigenvalue weighted by Gasteiger charge is -2.24. The molecule has 0 saturated carbocycles. The molecule has 7 heteroatoms. The largest absolute Gasteiger partial charge is 0.481 e. The second-order valence-electron chi connectivity index (χ2n) is 9.49. The van der Waals surface area contributed by atoms with Crippen molar-refractivity contribution < 1.29 is 24.2 Å². The third kappa shape index (κ3) is 5.72. The van der Waals surface area contributed by atoms with Crippen molar-refractivity contribution in [2.24, 2.45) is 11.3 Å². The Morgan fingerprint density at radius 1 is 1.00 bits per heavy atom. The Morgan fingerprint density at radius 2 is 1.55 bits per heavy atom. The van der Waals surface area contributed by atoms with Crippen molar-refractivity contribution in [1.29, 1.82) is 0 Å². The molecule has 2 aromatic carbocycles. The first kappa shape index (κ1) is 24.3. The summed E-state index contributed by atoms with van der Waals surface area (Å²) in [5, 5.41) is 14.6. The topological polar surface area (TPSA) is 105 Å². The van der Waals surface area contributed by atoms with E-state index < -0.39 is 23.5 Å². The number of rotatable bonds is 9. The van der Waals surface area contributed by atoms with Gasteiger partial charge in [0, 0.05) is 24.9 Å². The molecule has 0 aliphatic heterocycles. The zero-order chi connectivity index (χ0) is 24.2. The lowest BCUT2D eigenvalue weighted by Crippen LogP contribution is -2.45. The van der Waals surface area contributed by atoms with E-state index in [1.807, 2.05) is 38.1 Å². The van der Waals surface area contributed by atoms with Crippen LogP contribution in [-0.2, 0) is 14.3 Å². The quantitative estimate of drug-likeness (QED) is 0.530. The first-order valence-electron chi connectivity index (χ1n) is 11.2. The van der Waals surface area contributed by atoms with Crippen molar-refractivity contribution in [2.75, 3.05) is 13.2 Å². The van der Waals surface area contributed by atoms with Gasteiger partial charge in [-0.2, -0.15) is 0 Å². The molecule has 0 radical (unpaired) electrons. The summed E-state index contributed by atoms with van der Waals surface area (Å²) >= 11 is 0. The van der Waals surface area contributed by atoms with Crippen LogP contribution in [0.3, 0.4) is 0 Å². The molecule has 7 nitrogen and oxygen atoms in total. The number of aliphatic carboxylic acids is 1. The van der Waals surface area contributed by atoms with E-state index in [4.69, 9.17) is 4.74 Å². The average molecular weight is 453 g/mol. The third-order valence-electron chi connectivity index (χ3n) is 6.16. The fourth-order valence-corrected chi connectivity index (χ4v) is 3.91. The van der Waals surface area contributed by atoms with Crippen LogP contribution in [0.15, 0.2) is 48.5 Å². The SMILES string of the molecule is CC(C)[C@H](CC(=O)NCC(C)(C)C(=O)O)NC(=O)OCC1c2ccccc2-c2ccccc21. The minimum atomic E-state index is -1.07. The fraction of sp³-hybridized carbons (Fsp3) is 0.423. The third-order valence-corrected chi connectivity index (χ3v) is 6.16. The lowest BCUT2D eigenvalue weighted by molar-refractivity contribution is -0.146. The second-order valence-corrected chi connectivity index (χ2v) is 9.49. The van der Waals surface area contributed by atoms with E-state index in [0.29, 0.717) is 0 Å². The van der Waals surface area contributed by atoms with Gasteiger partial charge in [0.1, 0.15) is 6.61 Å². The molecule has 2 amide bonds. The van der Waals surface area contributed by atoms with Crippen LogP contribution in [-0.4, -0.2) is 42.3 Å². The van der Waals surface area contributed by atoms with Crippen molar-refractivity contribution in [3.05, 3.63) is 59.7 Å². The highest BCUT2D eigenvalue weighted by Gasteiger charge is 2.30. The summed E-state index contributed by atoms with van der Waals surface area (Å²) in [4.78, 5) is 36.2. The smallest absolute Gasteiger partial charge is 0.407 e. The highest BCUT2D eigenvalue weighted by Crippen LogP contribution is 2.44. The van der Waals surface area contributed by atoms with Gasteiger partial charge in [0.2, 0.25) is 5.91 Å². The van der Waals surface area contributed by atoms with Gasteiger partial charge in [-0.15, -0.1) is 0 Å². The summed E-state index contributed by atoms with van der Waals surface area (Å²) in [6, 6.07) is 15.8. The van der Waals surface area contributed by atoms with E-state index in [-0.39, 0.29) is 37.3 Å². The maximum atomic E-state index is 12.6. The van der Waals surface area contributed by atoms with Gasteiger partial charge in [0.15, 0.2) is 0 Å². The van der Waals surface area contributed by atoms with Gasteiger partial charge in [-0.05, 0) is 42.0 Å². The van der Waals surface area contributed by atoms with Crippen molar-refractivity contribution in [3.8, 4) is 11.1 Å². The van der Waals surface area contributed by atoms with Crippen LogP contribution >= 0.6 is 0 Å². The number of carbonyl (C=O) groups is 3. The average Bonchev–Trinajstić information content (AvgIpc) is 3.09. The predicted octanol–water partition coefficient (Wildman–Crippen LogP) is 4.17. The standard InChI is InChI=1S/C26H32N2O5/c1-16(2)22(13-23(29)27-15-26(3,4)24(30)31)28-25(32)33-14-21-19-11-7-5-9-17(19)18-10-6-8-12-20(18)21/h5-12,16,21-22H,13-15H2,1-4H3,(H,27,29)(H,28,32)(H,30,31)/t22-/m0/s1. The van der Waals surface area contributed by atoms with Gasteiger partial charge in [-0.1, -0.05) is 62.4 Å². The molecule has 1 aliphatic carbocycles. The van der Waals surface area contributed by atoms with Gasteiger partial charge in [0.25, 0.3) is 0 Å². The molecule has 176 valence electrons. The van der Waals surface area contributed by atoms with Crippen LogP contribution < -0.4 is 10.6 Å². The highest BCUT2D eigenvalue weighted by molar-refractivity contribution is 5.80. The number of nitrogens with one attached hydrogen (secondary N) is 2. The summed E-state index contributed by atoms with van der Waals surface area (Å²) < 4.78 is 5.59. The second kappa shape index (κ2) is 10.1. The van der Waals surface area contributed by atoms with Crippen molar-refractivity contribution in [2.45, 2.75) is 46.1 Å². The Balaban J connectivity index is 1.58. The molecule has 3 rings (SSSR count). The maximum absolute atomic E-state index is 12.6. The molecule has 0 fully saturated rings. The van der Waals surface area contributed by atoms with Gasteiger partial charge < -0.3 is 20.5 Å². The number of amides is 2. The molecule has 0 saturated heterocycles. The number of ether oxygens (including phenoxy) is 1. The molecular weight excluding hydrogens is 420 g/mol. The number of hydrogen-bond donors (Lipinski definition) is 3. The summed E-state index contributed by atoms with van der Waals surface area (Å²) in [6.07, 6.45) is -0.536. The molecule has 0 bridgehead atoms. The van der Waals surface area contributed by atoms with Crippen LogP contribution in [0.4, 0.5) is 4.79 Å². The van der Waals surface area contributed by atoms with E-state index in [2.05, 4.69) is 34.9 Å². The van der Waals surface area contributed by atoms with Crippen molar-refractivity contribution in [3.63, 3.8) is 0 Å². The minimum absolute atomic E-state index is 0.0104. The normalized spacial score (nSPS) is 13.7. The van der Waals surface area contributed by atoms with Crippen LogP contribution in [0.1, 0.15) is 51.2 Å². The summed E-state index contributed by atoms with van der Waals surface area (Å²) in [5.74, 6) is -1.35. The summed E-state index contributed by atoms with van der Waals surface area (Å²) in [6.45, 7) is 7.11. The Labute approximate surface area is 194 Å². The molecule has 3 N–H and O–H groups in total. The Kier molecular flexibility index (Phi) is 7.41. The molecule has 33 heavy (non-hydrogen) atoms. The Bertz CT molecular complexity index is 985. The Morgan fingerprint density at radius 3 is 2.06 bits per heavy atom. The van der Waals surface area contributed by atoms with Gasteiger partial charge >= 0.3 is 12.1 Å². The van der Waals surface area contributed by atoms with E-state index in [1.54, 1.807) is 13.8 Å². The zero-order valence-corrected chi connectivity index (χ0v) is 19.6.